The Hall–Kier alpha value is -1.73. The van der Waals surface area contributed by atoms with Crippen LogP contribution < -0.4 is 10.1 Å². The van der Waals surface area contributed by atoms with Gasteiger partial charge in [0.05, 0.1) is 24.0 Å². The summed E-state index contributed by atoms with van der Waals surface area (Å²) in [5.74, 6) is 0.639. The maximum Gasteiger partial charge on any atom is 0.143 e. The van der Waals surface area contributed by atoms with Gasteiger partial charge in [-0.2, -0.15) is 5.26 Å². The Morgan fingerprint density at radius 3 is 2.71 bits per heavy atom. The first-order valence-electron chi connectivity index (χ1n) is 5.51. The molecule has 4 heteroatoms. The van der Waals surface area contributed by atoms with Crippen LogP contribution in [0.4, 0.5) is 5.69 Å². The van der Waals surface area contributed by atoms with Gasteiger partial charge in [-0.05, 0) is 32.4 Å². The van der Waals surface area contributed by atoms with Crippen LogP contribution in [-0.2, 0) is 0 Å². The molecule has 0 fully saturated rings. The van der Waals surface area contributed by atoms with Gasteiger partial charge in [0.15, 0.2) is 0 Å². The summed E-state index contributed by atoms with van der Waals surface area (Å²) in [6, 6.07) is 7.42. The third-order valence-electron chi connectivity index (χ3n) is 2.41. The Labute approximate surface area is 102 Å². The monoisotopic (exact) mass is 234 g/mol. The molecule has 0 aliphatic rings. The second kappa shape index (κ2) is 5.55. The molecule has 0 spiro atoms. The minimum Gasteiger partial charge on any atom is -0.495 e. The predicted octanol–water partition coefficient (Wildman–Crippen LogP) is 2.14. The van der Waals surface area contributed by atoms with Crippen molar-refractivity contribution in [1.29, 1.82) is 5.26 Å². The van der Waals surface area contributed by atoms with E-state index in [4.69, 9.17) is 10.00 Å². The van der Waals surface area contributed by atoms with Gasteiger partial charge >= 0.3 is 0 Å². The summed E-state index contributed by atoms with van der Waals surface area (Å²) in [5, 5.41) is 21.7. The number of nitriles is 1. The van der Waals surface area contributed by atoms with Crippen molar-refractivity contribution in [3.63, 3.8) is 0 Å². The topological polar surface area (TPSA) is 65.3 Å². The second-order valence-corrected chi connectivity index (χ2v) is 4.48. The lowest BCUT2D eigenvalue weighted by Gasteiger charge is -2.18. The molecule has 0 atom stereocenters. The van der Waals surface area contributed by atoms with Crippen molar-refractivity contribution < 1.29 is 9.84 Å². The molecule has 1 aromatic rings. The van der Waals surface area contributed by atoms with E-state index in [1.807, 2.05) is 0 Å². The number of hydrogen-bond donors (Lipinski definition) is 2. The minimum atomic E-state index is -0.720. The van der Waals surface area contributed by atoms with Gasteiger partial charge in [0.2, 0.25) is 0 Å². The molecule has 0 saturated heterocycles. The molecule has 0 bridgehead atoms. The number of ether oxygens (including phenoxy) is 1. The van der Waals surface area contributed by atoms with Gasteiger partial charge in [0.1, 0.15) is 11.8 Å². The smallest absolute Gasteiger partial charge is 0.143 e. The van der Waals surface area contributed by atoms with Gasteiger partial charge in [-0.3, -0.25) is 0 Å². The number of anilines is 1. The average Bonchev–Trinajstić information content (AvgIpc) is 2.27. The highest BCUT2D eigenvalue weighted by Crippen LogP contribution is 2.27. The zero-order valence-corrected chi connectivity index (χ0v) is 10.4. The normalized spacial score (nSPS) is 10.8. The van der Waals surface area contributed by atoms with Gasteiger partial charge < -0.3 is 15.2 Å². The molecule has 92 valence electrons. The van der Waals surface area contributed by atoms with Gasteiger partial charge in [-0.1, -0.05) is 6.07 Å². The van der Waals surface area contributed by atoms with Crippen LogP contribution >= 0.6 is 0 Å². The van der Waals surface area contributed by atoms with E-state index >= 15 is 0 Å². The Bertz CT molecular complexity index is 416. The van der Waals surface area contributed by atoms with Crippen LogP contribution in [0, 0.1) is 11.3 Å². The van der Waals surface area contributed by atoms with Crippen molar-refractivity contribution in [1.82, 2.24) is 0 Å². The second-order valence-electron chi connectivity index (χ2n) is 4.48. The summed E-state index contributed by atoms with van der Waals surface area (Å²) >= 11 is 0. The van der Waals surface area contributed by atoms with E-state index in [1.165, 1.54) is 0 Å². The van der Waals surface area contributed by atoms with Crippen LogP contribution in [0.5, 0.6) is 5.75 Å². The average molecular weight is 234 g/mol. The number of benzene rings is 1. The Morgan fingerprint density at radius 1 is 1.47 bits per heavy atom. The molecular weight excluding hydrogens is 216 g/mol. The number of hydrogen-bond acceptors (Lipinski definition) is 4. The number of nitrogens with one attached hydrogen (secondary N) is 1. The van der Waals surface area contributed by atoms with Crippen LogP contribution in [0.15, 0.2) is 18.2 Å². The summed E-state index contributed by atoms with van der Waals surface area (Å²) in [6.07, 6.45) is 0.593. The first kappa shape index (κ1) is 13.3. The molecule has 0 amide bonds. The highest BCUT2D eigenvalue weighted by Gasteiger charge is 2.13. The molecule has 0 saturated carbocycles. The van der Waals surface area contributed by atoms with E-state index in [2.05, 4.69) is 11.4 Å². The Balaban J connectivity index is 2.79. The fourth-order valence-electron chi connectivity index (χ4n) is 1.47. The minimum absolute atomic E-state index is 0.542. The first-order chi connectivity index (χ1) is 7.98. The van der Waals surface area contributed by atoms with Crippen LogP contribution in [0.2, 0.25) is 0 Å². The molecule has 0 heterocycles. The van der Waals surface area contributed by atoms with Crippen LogP contribution in [0.3, 0.4) is 0 Å². The van der Waals surface area contributed by atoms with Gasteiger partial charge in [0, 0.05) is 6.54 Å². The van der Waals surface area contributed by atoms with E-state index in [0.717, 1.165) is 0 Å². The van der Waals surface area contributed by atoms with Crippen molar-refractivity contribution >= 4 is 5.69 Å². The maximum absolute atomic E-state index is 9.61. The number of rotatable bonds is 5. The highest BCUT2D eigenvalue weighted by molar-refractivity contribution is 5.66. The van der Waals surface area contributed by atoms with Crippen molar-refractivity contribution in [2.75, 3.05) is 19.0 Å². The Kier molecular flexibility index (Phi) is 4.36. The highest BCUT2D eigenvalue weighted by atomic mass is 16.5. The molecular formula is C13H18N2O2. The maximum atomic E-state index is 9.61. The van der Waals surface area contributed by atoms with E-state index in [9.17, 15) is 5.11 Å². The molecule has 0 aromatic heterocycles. The summed E-state index contributed by atoms with van der Waals surface area (Å²) in [4.78, 5) is 0. The fourth-order valence-corrected chi connectivity index (χ4v) is 1.47. The molecule has 1 aromatic carbocycles. The third-order valence-corrected chi connectivity index (χ3v) is 2.41. The number of para-hydroxylation sites is 1. The standard InChI is InChI=1S/C13H18N2O2/c1-13(2,16)7-8-15-12-10(9-14)5-4-6-11(12)17-3/h4-6,15-16H,7-8H2,1-3H3. The molecule has 0 aliphatic heterocycles. The van der Waals surface area contributed by atoms with Crippen molar-refractivity contribution in [2.24, 2.45) is 0 Å². The van der Waals surface area contributed by atoms with Crippen molar-refractivity contribution in [3.05, 3.63) is 23.8 Å². The lowest BCUT2D eigenvalue weighted by molar-refractivity contribution is 0.0748. The summed E-state index contributed by atoms with van der Waals surface area (Å²) in [6.45, 7) is 4.09. The zero-order chi connectivity index (χ0) is 12.9. The van der Waals surface area contributed by atoms with Crippen molar-refractivity contribution in [3.8, 4) is 11.8 Å². The number of nitrogens with zero attached hydrogens (tertiary/aromatic N) is 1. The van der Waals surface area contributed by atoms with Crippen LogP contribution in [0.1, 0.15) is 25.8 Å². The molecule has 0 aliphatic carbocycles. The van der Waals surface area contributed by atoms with Crippen LogP contribution in [-0.4, -0.2) is 24.4 Å². The molecule has 17 heavy (non-hydrogen) atoms. The molecule has 0 unspecified atom stereocenters. The lowest BCUT2D eigenvalue weighted by atomic mass is 10.1. The zero-order valence-electron chi connectivity index (χ0n) is 10.4. The largest absolute Gasteiger partial charge is 0.495 e. The van der Waals surface area contributed by atoms with E-state index < -0.39 is 5.60 Å². The molecule has 2 N–H and O–H groups in total. The van der Waals surface area contributed by atoms with Gasteiger partial charge in [0.25, 0.3) is 0 Å². The van der Waals surface area contributed by atoms with E-state index in [0.29, 0.717) is 30.0 Å². The summed E-state index contributed by atoms with van der Waals surface area (Å²) < 4.78 is 5.19. The summed E-state index contributed by atoms with van der Waals surface area (Å²) in [7, 11) is 1.57. The predicted molar refractivity (Wildman–Crippen MR) is 67.1 cm³/mol. The van der Waals surface area contributed by atoms with Crippen molar-refractivity contribution in [2.45, 2.75) is 25.9 Å². The molecule has 0 radical (unpaired) electrons. The van der Waals surface area contributed by atoms with E-state index in [-0.39, 0.29) is 0 Å². The fraction of sp³-hybridized carbons (Fsp3) is 0.462. The van der Waals surface area contributed by atoms with Gasteiger partial charge in [-0.25, -0.2) is 0 Å². The lowest BCUT2D eigenvalue weighted by Crippen LogP contribution is -2.23. The molecule has 1 rings (SSSR count). The quantitative estimate of drug-likeness (QED) is 0.819. The SMILES string of the molecule is COc1cccc(C#N)c1NCCC(C)(C)O. The third kappa shape index (κ3) is 3.97. The molecule has 4 nitrogen and oxygen atoms in total. The number of aliphatic hydroxyl groups is 1. The number of methoxy groups -OCH3 is 1. The summed E-state index contributed by atoms with van der Waals surface area (Å²) in [5.41, 5.74) is 0.504. The van der Waals surface area contributed by atoms with Crippen LogP contribution in [0.25, 0.3) is 0 Å². The van der Waals surface area contributed by atoms with E-state index in [1.54, 1.807) is 39.2 Å². The Morgan fingerprint density at radius 2 is 2.18 bits per heavy atom. The van der Waals surface area contributed by atoms with Gasteiger partial charge in [-0.15, -0.1) is 0 Å². The first-order valence-corrected chi connectivity index (χ1v) is 5.51.